The van der Waals surface area contributed by atoms with Gasteiger partial charge in [-0.3, -0.25) is 5.84 Å². The average Bonchev–Trinajstić information content (AvgIpc) is 2.05. The molecule has 4 heteroatoms. The summed E-state index contributed by atoms with van der Waals surface area (Å²) in [5.74, 6) is 6.03. The third kappa shape index (κ3) is 2.14. The van der Waals surface area contributed by atoms with E-state index in [1.807, 2.05) is 25.1 Å². The van der Waals surface area contributed by atoms with Crippen LogP contribution in [0.5, 0.6) is 5.75 Å². The molecule has 3 N–H and O–H groups in total. The molecule has 1 aromatic carbocycles. The van der Waals surface area contributed by atoms with Crippen molar-refractivity contribution in [2.24, 2.45) is 5.84 Å². The SMILES string of the molecule is COc1ccc(C)cc1SNN. The average molecular weight is 184 g/mol. The molecule has 0 heterocycles. The van der Waals surface area contributed by atoms with Crippen LogP contribution in [-0.4, -0.2) is 7.11 Å². The standard InChI is InChI=1S/C8H12N2OS/c1-6-3-4-7(11-2)8(5-6)12-10-9/h3-5,10H,9H2,1-2H3. The maximum Gasteiger partial charge on any atom is 0.133 e. The van der Waals surface area contributed by atoms with Crippen LogP contribution in [0.1, 0.15) is 5.56 Å². The van der Waals surface area contributed by atoms with Gasteiger partial charge in [-0.05, 0) is 36.6 Å². The lowest BCUT2D eigenvalue weighted by Crippen LogP contribution is -2.11. The van der Waals surface area contributed by atoms with Crippen molar-refractivity contribution in [1.82, 2.24) is 4.83 Å². The molecule has 0 atom stereocenters. The Bertz CT molecular complexity index is 265. The Hall–Kier alpha value is -0.710. The minimum Gasteiger partial charge on any atom is -0.496 e. The van der Waals surface area contributed by atoms with E-state index < -0.39 is 0 Å². The van der Waals surface area contributed by atoms with E-state index in [0.717, 1.165) is 10.6 Å². The molecule has 0 amide bonds. The molecule has 0 fully saturated rings. The summed E-state index contributed by atoms with van der Waals surface area (Å²) in [5, 5.41) is 0. The third-order valence-corrected chi connectivity index (χ3v) is 2.14. The highest BCUT2D eigenvalue weighted by Crippen LogP contribution is 2.27. The summed E-state index contributed by atoms with van der Waals surface area (Å²) in [4.78, 5) is 3.52. The maximum absolute atomic E-state index is 5.19. The van der Waals surface area contributed by atoms with Crippen LogP contribution in [0.3, 0.4) is 0 Å². The van der Waals surface area contributed by atoms with Gasteiger partial charge in [0, 0.05) is 0 Å². The van der Waals surface area contributed by atoms with E-state index in [0.29, 0.717) is 0 Å². The van der Waals surface area contributed by atoms with Crippen molar-refractivity contribution in [2.45, 2.75) is 11.8 Å². The van der Waals surface area contributed by atoms with Crippen molar-refractivity contribution in [3.8, 4) is 5.75 Å². The molecule has 0 aliphatic carbocycles. The summed E-state index contributed by atoms with van der Waals surface area (Å²) in [5.41, 5.74) is 1.19. The molecule has 0 saturated carbocycles. The Morgan fingerprint density at radius 1 is 1.50 bits per heavy atom. The first-order valence-corrected chi connectivity index (χ1v) is 4.36. The zero-order chi connectivity index (χ0) is 8.97. The molecule has 0 radical (unpaired) electrons. The Labute approximate surface area is 76.4 Å². The summed E-state index contributed by atoms with van der Waals surface area (Å²) in [6.07, 6.45) is 0. The summed E-state index contributed by atoms with van der Waals surface area (Å²) < 4.78 is 5.14. The first kappa shape index (κ1) is 9.38. The van der Waals surface area contributed by atoms with Crippen LogP contribution in [0, 0.1) is 6.92 Å². The van der Waals surface area contributed by atoms with Crippen molar-refractivity contribution >= 4 is 11.9 Å². The number of benzene rings is 1. The van der Waals surface area contributed by atoms with Crippen LogP contribution >= 0.6 is 11.9 Å². The molecule has 0 aromatic heterocycles. The summed E-state index contributed by atoms with van der Waals surface area (Å²) in [6, 6.07) is 5.94. The molecular weight excluding hydrogens is 172 g/mol. The van der Waals surface area contributed by atoms with E-state index in [1.54, 1.807) is 7.11 Å². The van der Waals surface area contributed by atoms with Gasteiger partial charge in [0.1, 0.15) is 5.75 Å². The van der Waals surface area contributed by atoms with Gasteiger partial charge in [-0.2, -0.15) is 4.83 Å². The van der Waals surface area contributed by atoms with Crippen LogP contribution in [-0.2, 0) is 0 Å². The molecule has 1 rings (SSSR count). The van der Waals surface area contributed by atoms with Gasteiger partial charge in [0.05, 0.1) is 12.0 Å². The number of hydrogen-bond donors (Lipinski definition) is 2. The second kappa shape index (κ2) is 4.35. The largest absolute Gasteiger partial charge is 0.496 e. The number of methoxy groups -OCH3 is 1. The van der Waals surface area contributed by atoms with Gasteiger partial charge in [-0.1, -0.05) is 6.07 Å². The Kier molecular flexibility index (Phi) is 3.40. The van der Waals surface area contributed by atoms with Crippen molar-refractivity contribution in [3.63, 3.8) is 0 Å². The zero-order valence-electron chi connectivity index (χ0n) is 7.13. The molecule has 12 heavy (non-hydrogen) atoms. The zero-order valence-corrected chi connectivity index (χ0v) is 7.94. The van der Waals surface area contributed by atoms with Crippen LogP contribution in [0.25, 0.3) is 0 Å². The monoisotopic (exact) mass is 184 g/mol. The molecule has 0 aliphatic rings. The molecule has 0 aliphatic heterocycles. The van der Waals surface area contributed by atoms with Crippen LogP contribution < -0.4 is 15.4 Å². The number of rotatable bonds is 3. The highest BCUT2D eigenvalue weighted by atomic mass is 32.2. The molecule has 66 valence electrons. The summed E-state index contributed by atoms with van der Waals surface area (Å²) >= 11 is 1.34. The third-order valence-electron chi connectivity index (χ3n) is 1.49. The smallest absolute Gasteiger partial charge is 0.133 e. The second-order valence-electron chi connectivity index (χ2n) is 2.37. The van der Waals surface area contributed by atoms with E-state index >= 15 is 0 Å². The van der Waals surface area contributed by atoms with Gasteiger partial charge in [0.25, 0.3) is 0 Å². The lowest BCUT2D eigenvalue weighted by Gasteiger charge is -2.07. The first-order chi connectivity index (χ1) is 5.77. The molecule has 0 bridgehead atoms. The first-order valence-electron chi connectivity index (χ1n) is 3.55. The molecular formula is C8H12N2OS. The lowest BCUT2D eigenvalue weighted by atomic mass is 10.2. The normalized spacial score (nSPS) is 9.92. The highest BCUT2D eigenvalue weighted by Gasteiger charge is 2.01. The van der Waals surface area contributed by atoms with Crippen molar-refractivity contribution in [1.29, 1.82) is 0 Å². The Morgan fingerprint density at radius 3 is 2.83 bits per heavy atom. The van der Waals surface area contributed by atoms with Gasteiger partial charge < -0.3 is 4.74 Å². The van der Waals surface area contributed by atoms with E-state index in [-0.39, 0.29) is 0 Å². The van der Waals surface area contributed by atoms with Gasteiger partial charge in [-0.25, -0.2) is 0 Å². The van der Waals surface area contributed by atoms with Crippen LogP contribution in [0.4, 0.5) is 0 Å². The summed E-state index contributed by atoms with van der Waals surface area (Å²) in [6.45, 7) is 2.03. The number of ether oxygens (including phenoxy) is 1. The van der Waals surface area contributed by atoms with Crippen molar-refractivity contribution < 1.29 is 4.74 Å². The minimum absolute atomic E-state index is 0.837. The Morgan fingerprint density at radius 2 is 2.25 bits per heavy atom. The van der Waals surface area contributed by atoms with E-state index in [1.165, 1.54) is 17.5 Å². The number of nitrogens with two attached hydrogens (primary N) is 1. The van der Waals surface area contributed by atoms with E-state index in [2.05, 4.69) is 4.83 Å². The number of hydrogen-bond acceptors (Lipinski definition) is 4. The Balaban J connectivity index is 2.95. The number of hydrazine groups is 1. The van der Waals surface area contributed by atoms with Crippen molar-refractivity contribution in [2.75, 3.05) is 7.11 Å². The highest BCUT2D eigenvalue weighted by molar-refractivity contribution is 7.97. The summed E-state index contributed by atoms with van der Waals surface area (Å²) in [7, 11) is 1.64. The molecule has 3 nitrogen and oxygen atoms in total. The fourth-order valence-corrected chi connectivity index (χ4v) is 1.55. The van der Waals surface area contributed by atoms with Gasteiger partial charge in [-0.15, -0.1) is 0 Å². The molecule has 0 saturated heterocycles. The molecule has 0 spiro atoms. The maximum atomic E-state index is 5.19. The molecule has 0 unspecified atom stereocenters. The van der Waals surface area contributed by atoms with E-state index in [4.69, 9.17) is 10.6 Å². The van der Waals surface area contributed by atoms with Gasteiger partial charge in [0.15, 0.2) is 0 Å². The topological polar surface area (TPSA) is 47.3 Å². The van der Waals surface area contributed by atoms with Crippen LogP contribution in [0.2, 0.25) is 0 Å². The fourth-order valence-electron chi connectivity index (χ4n) is 0.927. The van der Waals surface area contributed by atoms with Gasteiger partial charge >= 0.3 is 0 Å². The predicted molar refractivity (Wildman–Crippen MR) is 50.9 cm³/mol. The second-order valence-corrected chi connectivity index (χ2v) is 3.25. The minimum atomic E-state index is 0.837. The fraction of sp³-hybridized carbons (Fsp3) is 0.250. The van der Waals surface area contributed by atoms with Gasteiger partial charge in [0.2, 0.25) is 0 Å². The van der Waals surface area contributed by atoms with E-state index in [9.17, 15) is 0 Å². The quantitative estimate of drug-likeness (QED) is 0.424. The predicted octanol–water partition coefficient (Wildman–Crippen LogP) is 1.47. The van der Waals surface area contributed by atoms with Crippen molar-refractivity contribution in [3.05, 3.63) is 23.8 Å². The molecule has 1 aromatic rings. The lowest BCUT2D eigenvalue weighted by molar-refractivity contribution is 0.404. The number of aryl methyl sites for hydroxylation is 1. The number of nitrogens with one attached hydrogen (secondary N) is 1. The van der Waals surface area contributed by atoms with Crippen LogP contribution in [0.15, 0.2) is 23.1 Å².